The minimum atomic E-state index is -1.03. The number of nitrogens with zero attached hydrogens (tertiary/aromatic N) is 7. The third kappa shape index (κ3) is 8.90. The highest BCUT2D eigenvalue weighted by atomic mass is 32.1. The fourth-order valence-electron chi connectivity index (χ4n) is 10.4. The zero-order valence-corrected chi connectivity index (χ0v) is 39.7. The van der Waals surface area contributed by atoms with E-state index in [1.807, 2.05) is 37.1 Å². The molecule has 1 aromatic carbocycles. The van der Waals surface area contributed by atoms with Gasteiger partial charge >= 0.3 is 12.0 Å². The molecule has 0 radical (unpaired) electrons. The minimum Gasteiger partial charge on any atom is -0.464 e. The molecule has 0 spiro atoms. The molecule has 64 heavy (non-hydrogen) atoms. The molecule has 7 heterocycles. The Balaban J connectivity index is 1.16. The molecule has 4 aromatic rings. The van der Waals surface area contributed by atoms with Crippen LogP contribution in [0.3, 0.4) is 0 Å². The number of ether oxygens (including phenoxy) is 2. The Morgan fingerprint density at radius 3 is 2.66 bits per heavy atom. The van der Waals surface area contributed by atoms with Gasteiger partial charge in [-0.15, -0.1) is 11.3 Å². The average Bonchev–Trinajstić information content (AvgIpc) is 4.08. The predicted molar refractivity (Wildman–Crippen MR) is 247 cm³/mol. The third-order valence-corrected chi connectivity index (χ3v) is 14.7. The maximum absolute atomic E-state index is 14.6. The highest BCUT2D eigenvalue weighted by molar-refractivity contribution is 7.10. The lowest BCUT2D eigenvalue weighted by atomic mass is 9.84. The molecule has 4 amide bonds. The molecule has 0 saturated carbocycles. The number of cyclic esters (lactones) is 1. The molecule has 3 saturated heterocycles. The molecule has 8 rings (SSSR count). The summed E-state index contributed by atoms with van der Waals surface area (Å²) in [6.45, 7) is 15.7. The maximum Gasteiger partial charge on any atom is 0.324 e. The number of aromatic nitrogens is 3. The zero-order chi connectivity index (χ0) is 45.6. The van der Waals surface area contributed by atoms with Crippen LogP contribution in [0.25, 0.3) is 33.4 Å². The van der Waals surface area contributed by atoms with E-state index in [1.165, 1.54) is 21.2 Å². The lowest BCUT2D eigenvalue weighted by molar-refractivity contribution is -0.155. The van der Waals surface area contributed by atoms with Crippen LogP contribution in [0, 0.1) is 17.3 Å². The van der Waals surface area contributed by atoms with Gasteiger partial charge in [-0.3, -0.25) is 24.4 Å². The van der Waals surface area contributed by atoms with Gasteiger partial charge in [-0.25, -0.2) is 15.2 Å². The molecule has 3 aromatic heterocycles. The summed E-state index contributed by atoms with van der Waals surface area (Å²) in [5, 5.41) is 8.27. The quantitative estimate of drug-likeness (QED) is 0.204. The second-order valence-corrected chi connectivity index (χ2v) is 20.3. The monoisotopic (exact) mass is 895 g/mol. The molecule has 6 atom stereocenters. The van der Waals surface area contributed by atoms with Gasteiger partial charge in [-0.1, -0.05) is 33.8 Å². The van der Waals surface area contributed by atoms with Crippen molar-refractivity contribution in [1.29, 1.82) is 0 Å². The lowest BCUT2D eigenvalue weighted by Gasteiger charge is -2.37. The van der Waals surface area contributed by atoms with Crippen molar-refractivity contribution in [3.05, 3.63) is 58.2 Å². The third-order valence-electron chi connectivity index (χ3n) is 13.9. The van der Waals surface area contributed by atoms with Crippen LogP contribution in [0.15, 0.2) is 41.9 Å². The summed E-state index contributed by atoms with van der Waals surface area (Å²) in [4.78, 5) is 72.6. The van der Waals surface area contributed by atoms with Crippen molar-refractivity contribution in [3.63, 3.8) is 0 Å². The number of pyridine rings is 1. The van der Waals surface area contributed by atoms with E-state index in [1.54, 1.807) is 20.4 Å². The molecule has 15 nitrogen and oxygen atoms in total. The number of methoxy groups -OCH3 is 1. The first-order valence-corrected chi connectivity index (χ1v) is 23.8. The number of amides is 4. The molecule has 2 N–H and O–H groups in total. The Morgan fingerprint density at radius 1 is 1.12 bits per heavy atom. The van der Waals surface area contributed by atoms with Crippen LogP contribution in [0.1, 0.15) is 83.2 Å². The number of carbonyl (C=O) groups excluding carboxylic acids is 4. The number of nitrogens with one attached hydrogen (secondary N) is 2. The number of carbonyl (C=O) groups is 4. The van der Waals surface area contributed by atoms with Crippen molar-refractivity contribution in [2.24, 2.45) is 17.3 Å². The van der Waals surface area contributed by atoms with E-state index < -0.39 is 35.4 Å². The molecule has 16 heteroatoms. The fraction of sp³-hybridized carbons (Fsp3) is 0.583. The van der Waals surface area contributed by atoms with Crippen molar-refractivity contribution in [1.82, 2.24) is 45.0 Å². The van der Waals surface area contributed by atoms with Gasteiger partial charge in [-0.05, 0) is 94.8 Å². The smallest absolute Gasteiger partial charge is 0.324 e. The Kier molecular flexibility index (Phi) is 13.2. The second kappa shape index (κ2) is 18.5. The van der Waals surface area contributed by atoms with Crippen molar-refractivity contribution in [2.75, 3.05) is 54.0 Å². The van der Waals surface area contributed by atoms with E-state index in [9.17, 15) is 19.2 Å². The number of hydrazine groups is 1. The molecule has 3 fully saturated rings. The van der Waals surface area contributed by atoms with E-state index in [-0.39, 0.29) is 37.0 Å². The SMILES string of the molecule is CCn1c(-c2cccnc2[C@H](C)OC)c2c3cc(ccc31)-c1csc(n1)C[C@H](NC(=O)[C@H](C(C)C)N(C)C(=O)N1C[C@H]3CCN(C)[C@H]3C1)C(=O)N1CCC[C@H](N1)C(=O)OCC(C)(C)C2. The van der Waals surface area contributed by atoms with Crippen LogP contribution >= 0.6 is 11.3 Å². The van der Waals surface area contributed by atoms with Gasteiger partial charge in [0.15, 0.2) is 0 Å². The number of benzene rings is 1. The van der Waals surface area contributed by atoms with Gasteiger partial charge in [0.25, 0.3) is 5.91 Å². The first-order chi connectivity index (χ1) is 30.6. The molecule has 4 aliphatic heterocycles. The van der Waals surface area contributed by atoms with Crippen molar-refractivity contribution >= 4 is 46.1 Å². The fourth-order valence-corrected chi connectivity index (χ4v) is 11.3. The first-order valence-electron chi connectivity index (χ1n) is 22.9. The molecule has 0 aliphatic carbocycles. The Hall–Kier alpha value is -4.90. The van der Waals surface area contributed by atoms with Crippen LogP contribution in [-0.2, 0) is 43.2 Å². The van der Waals surface area contributed by atoms with Crippen molar-refractivity contribution in [2.45, 2.75) is 110 Å². The van der Waals surface area contributed by atoms with Crippen molar-refractivity contribution < 1.29 is 28.7 Å². The molecule has 0 unspecified atom stereocenters. The summed E-state index contributed by atoms with van der Waals surface area (Å²) in [6, 6.07) is 8.00. The van der Waals surface area contributed by atoms with Crippen LogP contribution in [-0.4, -0.2) is 136 Å². The van der Waals surface area contributed by atoms with Crippen LogP contribution in [0.4, 0.5) is 4.79 Å². The number of rotatable bonds is 8. The van der Waals surface area contributed by atoms with Gasteiger partial charge in [-0.2, -0.15) is 0 Å². The van der Waals surface area contributed by atoms with Gasteiger partial charge in [0.05, 0.1) is 34.8 Å². The van der Waals surface area contributed by atoms with Crippen LogP contribution in [0.5, 0.6) is 0 Å². The van der Waals surface area contributed by atoms with Crippen molar-refractivity contribution in [3.8, 4) is 22.5 Å². The lowest BCUT2D eigenvalue weighted by Crippen LogP contribution is -2.62. The normalized spacial score (nSPS) is 23.8. The van der Waals surface area contributed by atoms with E-state index in [2.05, 4.69) is 72.3 Å². The van der Waals surface area contributed by atoms with Crippen LogP contribution in [0.2, 0.25) is 0 Å². The Labute approximate surface area is 380 Å². The maximum atomic E-state index is 14.6. The van der Waals surface area contributed by atoms with Gasteiger partial charge < -0.3 is 34.1 Å². The van der Waals surface area contributed by atoms with Gasteiger partial charge in [0.2, 0.25) is 5.91 Å². The predicted octanol–water partition coefficient (Wildman–Crippen LogP) is 5.91. The number of thiazole rings is 1. The summed E-state index contributed by atoms with van der Waals surface area (Å²) < 4.78 is 14.3. The second-order valence-electron chi connectivity index (χ2n) is 19.4. The van der Waals surface area contributed by atoms with Gasteiger partial charge in [0.1, 0.15) is 18.1 Å². The standard InChI is InChI=1S/C48H65N9O6S/c1-10-56-38-16-15-30-21-33(38)34(43(56)32-13-11-18-49-41(32)29(4)62-9)23-48(5,6)27-63-46(60)35-14-12-19-57(52-35)45(59)36(22-40-50-37(30)26-64-40)51-44(58)42(28(2)3)54(8)47(61)55-24-31-17-20-53(7)39(31)25-55/h11,13,15-16,18,21,26,28-29,31,35-36,39,42,52H,10,12,14,17,19-20,22-25,27H2,1-9H3,(H,51,58)/t29-,31+,35-,36-,39-,42-/m0/s1. The summed E-state index contributed by atoms with van der Waals surface area (Å²) in [5.74, 6) is -1.05. The summed E-state index contributed by atoms with van der Waals surface area (Å²) in [5.41, 5.74) is 9.43. The molecular formula is C48H65N9O6S. The number of hydrogen-bond donors (Lipinski definition) is 2. The van der Waals surface area contributed by atoms with Crippen LogP contribution < -0.4 is 10.7 Å². The Bertz CT molecular complexity index is 2390. The Morgan fingerprint density at radius 2 is 1.92 bits per heavy atom. The zero-order valence-electron chi connectivity index (χ0n) is 38.8. The highest BCUT2D eigenvalue weighted by Gasteiger charge is 2.44. The number of urea groups is 1. The summed E-state index contributed by atoms with van der Waals surface area (Å²) >= 11 is 1.44. The number of likely N-dealkylation sites (tertiary alicyclic amines) is 2. The number of fused-ring (bicyclic) bond motifs is 7. The van der Waals surface area contributed by atoms with E-state index in [4.69, 9.17) is 19.4 Å². The average molecular weight is 896 g/mol. The highest BCUT2D eigenvalue weighted by Crippen LogP contribution is 2.42. The summed E-state index contributed by atoms with van der Waals surface area (Å²) in [7, 11) is 5.48. The van der Waals surface area contributed by atoms with E-state index >= 15 is 0 Å². The topological polar surface area (TPSA) is 154 Å². The van der Waals surface area contributed by atoms with Gasteiger partial charge in [0, 0.05) is 91.8 Å². The molecule has 4 aliphatic rings. The van der Waals surface area contributed by atoms with E-state index in [0.29, 0.717) is 62.4 Å². The number of aryl methyl sites for hydroxylation is 1. The number of likely N-dealkylation sites (N-methyl/N-ethyl adjacent to an activating group) is 2. The number of hydrogen-bond acceptors (Lipinski definition) is 11. The van der Waals surface area contributed by atoms with E-state index in [0.717, 1.165) is 57.6 Å². The summed E-state index contributed by atoms with van der Waals surface area (Å²) in [6.07, 6.45) is 4.38. The molecular weight excluding hydrogens is 831 g/mol. The molecule has 344 valence electrons. The first kappa shape index (κ1) is 45.7. The minimum absolute atomic E-state index is 0.117. The number of esters is 1. The largest absolute Gasteiger partial charge is 0.464 e. The molecule has 6 bridgehead atoms.